The van der Waals surface area contributed by atoms with E-state index >= 15 is 0 Å². The summed E-state index contributed by atoms with van der Waals surface area (Å²) in [6.07, 6.45) is 2.37. The molecule has 1 amide bonds. The third-order valence-electron chi connectivity index (χ3n) is 3.23. The van der Waals surface area contributed by atoms with Gasteiger partial charge < -0.3 is 15.8 Å². The van der Waals surface area contributed by atoms with E-state index in [1.807, 2.05) is 0 Å². The molecule has 1 saturated heterocycles. The first-order valence-electron chi connectivity index (χ1n) is 6.25. The van der Waals surface area contributed by atoms with Crippen molar-refractivity contribution in [2.75, 3.05) is 32.6 Å². The zero-order valence-electron chi connectivity index (χ0n) is 11.3. The summed E-state index contributed by atoms with van der Waals surface area (Å²) >= 11 is 5.94. The number of benzene rings is 1. The third-order valence-corrected chi connectivity index (χ3v) is 3.55. The number of rotatable bonds is 4. The van der Waals surface area contributed by atoms with E-state index in [0.717, 1.165) is 13.1 Å². The van der Waals surface area contributed by atoms with Crippen LogP contribution >= 0.6 is 24.0 Å². The molecule has 0 radical (unpaired) electrons. The molecule has 0 atom stereocenters. The first-order valence-corrected chi connectivity index (χ1v) is 6.63. The summed E-state index contributed by atoms with van der Waals surface area (Å²) in [7, 11) is 1.50. The molecule has 1 heterocycles. The van der Waals surface area contributed by atoms with Crippen molar-refractivity contribution in [2.24, 2.45) is 0 Å². The van der Waals surface area contributed by atoms with Gasteiger partial charge in [-0.25, -0.2) is 0 Å². The smallest absolute Gasteiger partial charge is 0.256 e. The van der Waals surface area contributed by atoms with Crippen LogP contribution in [0.2, 0.25) is 5.02 Å². The molecule has 2 rings (SSSR count). The predicted molar refractivity (Wildman–Crippen MR) is 82.8 cm³/mol. The maximum Gasteiger partial charge on any atom is 0.256 e. The molecule has 1 aromatic carbocycles. The Bertz CT molecular complexity index is 477. The molecular formula is C13H19Cl2N3O2. The Morgan fingerprint density at radius 3 is 2.70 bits per heavy atom. The minimum absolute atomic E-state index is 0. The first kappa shape index (κ1) is 16.9. The average Bonchev–Trinajstić information content (AvgIpc) is 2.91. The Kier molecular flexibility index (Phi) is 6.39. The van der Waals surface area contributed by atoms with E-state index in [-0.39, 0.29) is 18.3 Å². The maximum absolute atomic E-state index is 12.1. The second-order valence-electron chi connectivity index (χ2n) is 4.56. The van der Waals surface area contributed by atoms with Crippen molar-refractivity contribution < 1.29 is 9.53 Å². The minimum Gasteiger partial charge on any atom is -0.496 e. The van der Waals surface area contributed by atoms with Crippen molar-refractivity contribution in [1.82, 2.24) is 10.2 Å². The highest BCUT2D eigenvalue weighted by molar-refractivity contribution is 6.33. The summed E-state index contributed by atoms with van der Waals surface area (Å²) in [6, 6.07) is 3.10. The highest BCUT2D eigenvalue weighted by atomic mass is 35.5. The number of halogens is 2. The monoisotopic (exact) mass is 319 g/mol. The van der Waals surface area contributed by atoms with Gasteiger partial charge in [-0.2, -0.15) is 0 Å². The van der Waals surface area contributed by atoms with E-state index in [1.165, 1.54) is 26.0 Å². The number of carbonyl (C=O) groups is 1. The number of methoxy groups -OCH3 is 1. The van der Waals surface area contributed by atoms with Gasteiger partial charge in [0, 0.05) is 6.07 Å². The highest BCUT2D eigenvalue weighted by Gasteiger charge is 2.17. The molecule has 7 heteroatoms. The Morgan fingerprint density at radius 1 is 1.45 bits per heavy atom. The van der Waals surface area contributed by atoms with E-state index < -0.39 is 0 Å². The molecule has 0 bridgehead atoms. The van der Waals surface area contributed by atoms with Gasteiger partial charge in [0.05, 0.1) is 30.1 Å². The predicted octanol–water partition coefficient (Wildman–Crippen LogP) is 2.14. The summed E-state index contributed by atoms with van der Waals surface area (Å²) in [5, 5.41) is 3.22. The number of nitrogens with two attached hydrogens (primary N) is 1. The molecule has 1 aromatic rings. The number of amides is 1. The molecule has 0 spiro atoms. The fraction of sp³-hybridized carbons (Fsp3) is 0.462. The summed E-state index contributed by atoms with van der Waals surface area (Å²) < 4.78 is 5.16. The number of carbonyl (C=O) groups excluding carboxylic acids is 1. The van der Waals surface area contributed by atoms with Crippen LogP contribution in [0.1, 0.15) is 23.2 Å². The number of anilines is 1. The molecule has 112 valence electrons. The normalized spacial score (nSPS) is 14.7. The number of hydrogen-bond acceptors (Lipinski definition) is 4. The largest absolute Gasteiger partial charge is 0.496 e. The average molecular weight is 320 g/mol. The Labute approximate surface area is 129 Å². The second kappa shape index (κ2) is 7.57. The van der Waals surface area contributed by atoms with Crippen molar-refractivity contribution in [2.45, 2.75) is 12.8 Å². The molecular weight excluding hydrogens is 301 g/mol. The Balaban J connectivity index is 0.00000200. The standard InChI is InChI=1S/C13H18ClN3O2.ClH/c1-19-12-7-11(15)10(14)6-9(12)13(18)16-8-17-4-2-3-5-17;/h6-7H,2-5,8,15H2,1H3,(H,16,18);1H. The fourth-order valence-corrected chi connectivity index (χ4v) is 2.30. The fourth-order valence-electron chi connectivity index (χ4n) is 2.14. The highest BCUT2D eigenvalue weighted by Crippen LogP contribution is 2.28. The molecule has 20 heavy (non-hydrogen) atoms. The van der Waals surface area contributed by atoms with Crippen LogP contribution in [-0.2, 0) is 0 Å². The molecule has 1 fully saturated rings. The topological polar surface area (TPSA) is 67.6 Å². The summed E-state index contributed by atoms with van der Waals surface area (Å²) in [4.78, 5) is 14.3. The van der Waals surface area contributed by atoms with Gasteiger partial charge in [0.1, 0.15) is 5.75 Å². The van der Waals surface area contributed by atoms with E-state index in [9.17, 15) is 4.79 Å². The number of nitrogens with one attached hydrogen (secondary N) is 1. The van der Waals surface area contributed by atoms with Crippen LogP contribution in [0.3, 0.4) is 0 Å². The summed E-state index contributed by atoms with van der Waals surface area (Å²) in [6.45, 7) is 2.60. The van der Waals surface area contributed by atoms with Crippen molar-refractivity contribution in [3.05, 3.63) is 22.7 Å². The first-order chi connectivity index (χ1) is 9.11. The van der Waals surface area contributed by atoms with Crippen LogP contribution in [0.4, 0.5) is 5.69 Å². The van der Waals surface area contributed by atoms with Gasteiger partial charge in [-0.1, -0.05) is 11.6 Å². The van der Waals surface area contributed by atoms with Crippen LogP contribution < -0.4 is 15.8 Å². The molecule has 0 aromatic heterocycles. The molecule has 3 N–H and O–H groups in total. The Morgan fingerprint density at radius 2 is 2.10 bits per heavy atom. The SMILES string of the molecule is COc1cc(N)c(Cl)cc1C(=O)NCN1CCCC1.Cl. The summed E-state index contributed by atoms with van der Waals surface area (Å²) in [5.74, 6) is 0.228. The van der Waals surface area contributed by atoms with Crippen LogP contribution in [-0.4, -0.2) is 37.7 Å². The second-order valence-corrected chi connectivity index (χ2v) is 4.97. The van der Waals surface area contributed by atoms with E-state index in [0.29, 0.717) is 28.7 Å². The molecule has 0 aliphatic carbocycles. The molecule has 1 aliphatic rings. The minimum atomic E-state index is -0.203. The lowest BCUT2D eigenvalue weighted by Crippen LogP contribution is -2.36. The lowest BCUT2D eigenvalue weighted by atomic mass is 10.1. The van der Waals surface area contributed by atoms with Gasteiger partial charge in [-0.3, -0.25) is 9.69 Å². The molecule has 0 unspecified atom stereocenters. The Hall–Kier alpha value is -1.17. The van der Waals surface area contributed by atoms with Gasteiger partial charge in [-0.15, -0.1) is 12.4 Å². The van der Waals surface area contributed by atoms with E-state index in [4.69, 9.17) is 22.1 Å². The van der Waals surface area contributed by atoms with Gasteiger partial charge in [0.2, 0.25) is 0 Å². The number of nitrogens with zero attached hydrogens (tertiary/aromatic N) is 1. The number of hydrogen-bond donors (Lipinski definition) is 2. The lowest BCUT2D eigenvalue weighted by Gasteiger charge is -2.16. The van der Waals surface area contributed by atoms with Crippen molar-refractivity contribution in [1.29, 1.82) is 0 Å². The van der Waals surface area contributed by atoms with Crippen LogP contribution in [0.5, 0.6) is 5.75 Å². The van der Waals surface area contributed by atoms with Gasteiger partial charge in [-0.05, 0) is 32.0 Å². The van der Waals surface area contributed by atoms with Crippen LogP contribution in [0.25, 0.3) is 0 Å². The third kappa shape index (κ3) is 3.91. The molecule has 5 nitrogen and oxygen atoms in total. The van der Waals surface area contributed by atoms with Crippen molar-refractivity contribution in [3.8, 4) is 5.75 Å². The molecule has 1 aliphatic heterocycles. The van der Waals surface area contributed by atoms with Crippen molar-refractivity contribution >= 4 is 35.6 Å². The number of ether oxygens (including phenoxy) is 1. The van der Waals surface area contributed by atoms with Gasteiger partial charge >= 0.3 is 0 Å². The van der Waals surface area contributed by atoms with Gasteiger partial charge in [0.25, 0.3) is 5.91 Å². The molecule has 0 saturated carbocycles. The number of likely N-dealkylation sites (tertiary alicyclic amines) is 1. The van der Waals surface area contributed by atoms with E-state index in [1.54, 1.807) is 6.07 Å². The summed E-state index contributed by atoms with van der Waals surface area (Å²) in [5.41, 5.74) is 6.49. The quantitative estimate of drug-likeness (QED) is 0.834. The van der Waals surface area contributed by atoms with Crippen molar-refractivity contribution in [3.63, 3.8) is 0 Å². The van der Waals surface area contributed by atoms with Gasteiger partial charge in [0.15, 0.2) is 0 Å². The number of nitrogen functional groups attached to an aromatic ring is 1. The zero-order chi connectivity index (χ0) is 13.8. The van der Waals surface area contributed by atoms with E-state index in [2.05, 4.69) is 10.2 Å². The van der Waals surface area contributed by atoms with Crippen LogP contribution in [0.15, 0.2) is 12.1 Å². The van der Waals surface area contributed by atoms with Crippen LogP contribution in [0, 0.1) is 0 Å². The zero-order valence-corrected chi connectivity index (χ0v) is 12.9. The maximum atomic E-state index is 12.1. The lowest BCUT2D eigenvalue weighted by molar-refractivity contribution is 0.0927.